The molecule has 0 aliphatic carbocycles. The van der Waals surface area contributed by atoms with Crippen molar-refractivity contribution in [1.29, 1.82) is 0 Å². The minimum atomic E-state index is 0.0759. The smallest absolute Gasteiger partial charge is 0.267 e. The fourth-order valence-corrected chi connectivity index (χ4v) is 2.84. The molecule has 4 nitrogen and oxygen atoms in total. The molecule has 1 fully saturated rings. The highest BCUT2D eigenvalue weighted by molar-refractivity contribution is 7.08. The number of carbonyl (C=O) groups excluding carboxylic acids is 1. The van der Waals surface area contributed by atoms with Crippen molar-refractivity contribution in [2.75, 3.05) is 13.1 Å². The topological polar surface area (TPSA) is 46.1 Å². The summed E-state index contributed by atoms with van der Waals surface area (Å²) in [5.41, 5.74) is 0.843. The molecule has 0 atom stereocenters. The number of aryl methyl sites for hydroxylation is 1. The first-order chi connectivity index (χ1) is 8.22. The molecule has 2 heterocycles. The number of alkyl halides is 1. The van der Waals surface area contributed by atoms with Crippen molar-refractivity contribution in [1.82, 2.24) is 14.5 Å². The quantitative estimate of drug-likeness (QED) is 0.794. The molecule has 0 unspecified atom stereocenters. The number of carbonyl (C=O) groups is 1. The SMILES string of the molecule is CCCc1nnsc1C(=O)N1CCC(Cl)CC1. The van der Waals surface area contributed by atoms with Gasteiger partial charge in [-0.1, -0.05) is 17.8 Å². The zero-order valence-corrected chi connectivity index (χ0v) is 11.4. The van der Waals surface area contributed by atoms with Gasteiger partial charge in [0.15, 0.2) is 0 Å². The van der Waals surface area contributed by atoms with Crippen molar-refractivity contribution in [2.45, 2.75) is 38.0 Å². The summed E-state index contributed by atoms with van der Waals surface area (Å²) in [6.07, 6.45) is 3.56. The van der Waals surface area contributed by atoms with Crippen LogP contribution in [0.2, 0.25) is 0 Å². The van der Waals surface area contributed by atoms with Gasteiger partial charge in [0.2, 0.25) is 0 Å². The number of rotatable bonds is 3. The van der Waals surface area contributed by atoms with Crippen LogP contribution >= 0.6 is 23.1 Å². The Morgan fingerprint density at radius 1 is 1.53 bits per heavy atom. The van der Waals surface area contributed by atoms with Crippen LogP contribution in [0.4, 0.5) is 0 Å². The maximum atomic E-state index is 12.3. The standard InChI is InChI=1S/C11H16ClN3OS/c1-2-3-9-10(17-14-13-9)11(16)15-6-4-8(12)5-7-15/h8H,2-7H2,1H3. The lowest BCUT2D eigenvalue weighted by Gasteiger charge is -2.28. The summed E-state index contributed by atoms with van der Waals surface area (Å²) in [4.78, 5) is 14.9. The third-order valence-electron chi connectivity index (χ3n) is 2.95. The van der Waals surface area contributed by atoms with Crippen LogP contribution in [0.25, 0.3) is 0 Å². The van der Waals surface area contributed by atoms with Gasteiger partial charge >= 0.3 is 0 Å². The van der Waals surface area contributed by atoms with Crippen LogP contribution in [-0.2, 0) is 6.42 Å². The van der Waals surface area contributed by atoms with Gasteiger partial charge in [0.25, 0.3) is 5.91 Å². The molecule has 0 spiro atoms. The molecule has 0 saturated carbocycles. The maximum Gasteiger partial charge on any atom is 0.267 e. The Bertz CT molecular complexity index is 388. The van der Waals surface area contributed by atoms with Gasteiger partial charge in [-0.15, -0.1) is 16.7 Å². The van der Waals surface area contributed by atoms with Gasteiger partial charge in [-0.3, -0.25) is 4.79 Å². The Morgan fingerprint density at radius 2 is 2.24 bits per heavy atom. The number of aromatic nitrogens is 2. The van der Waals surface area contributed by atoms with E-state index >= 15 is 0 Å². The van der Waals surface area contributed by atoms with Crippen molar-refractivity contribution in [3.05, 3.63) is 10.6 Å². The molecule has 1 aliphatic rings. The lowest BCUT2D eigenvalue weighted by Crippen LogP contribution is -2.38. The summed E-state index contributed by atoms with van der Waals surface area (Å²) in [5, 5.41) is 4.25. The van der Waals surface area contributed by atoms with Gasteiger partial charge < -0.3 is 4.90 Å². The lowest BCUT2D eigenvalue weighted by molar-refractivity contribution is 0.0730. The minimum absolute atomic E-state index is 0.0759. The molecule has 1 amide bonds. The third-order valence-corrected chi connectivity index (χ3v) is 4.14. The van der Waals surface area contributed by atoms with Crippen LogP contribution < -0.4 is 0 Å². The molecule has 0 N–H and O–H groups in total. The van der Waals surface area contributed by atoms with Gasteiger partial charge in [0, 0.05) is 18.5 Å². The van der Waals surface area contributed by atoms with Gasteiger partial charge in [-0.05, 0) is 30.8 Å². The van der Waals surface area contributed by atoms with Crippen molar-refractivity contribution >= 4 is 29.0 Å². The zero-order chi connectivity index (χ0) is 12.3. The minimum Gasteiger partial charge on any atom is -0.338 e. The monoisotopic (exact) mass is 273 g/mol. The van der Waals surface area contributed by atoms with E-state index in [-0.39, 0.29) is 11.3 Å². The van der Waals surface area contributed by atoms with Crippen LogP contribution in [0, 0.1) is 0 Å². The summed E-state index contributed by atoms with van der Waals surface area (Å²) >= 11 is 7.24. The molecule has 2 rings (SSSR count). The van der Waals surface area contributed by atoms with E-state index < -0.39 is 0 Å². The molecule has 6 heteroatoms. The summed E-state index contributed by atoms with van der Waals surface area (Å²) in [6, 6.07) is 0. The van der Waals surface area contributed by atoms with E-state index in [4.69, 9.17) is 11.6 Å². The Kier molecular flexibility index (Phi) is 4.34. The van der Waals surface area contributed by atoms with E-state index in [1.54, 1.807) is 0 Å². The number of nitrogens with zero attached hydrogens (tertiary/aromatic N) is 3. The number of hydrogen-bond acceptors (Lipinski definition) is 4. The molecule has 1 aromatic heterocycles. The molecular weight excluding hydrogens is 258 g/mol. The third kappa shape index (κ3) is 2.96. The van der Waals surface area contributed by atoms with Crippen LogP contribution in [-0.4, -0.2) is 38.9 Å². The fourth-order valence-electron chi connectivity index (χ4n) is 1.97. The number of likely N-dealkylation sites (tertiary alicyclic amines) is 1. The van der Waals surface area contributed by atoms with E-state index in [0.717, 1.165) is 44.5 Å². The van der Waals surface area contributed by atoms with Crippen molar-refractivity contribution in [3.8, 4) is 0 Å². The first-order valence-corrected chi connectivity index (χ1v) is 7.18. The molecule has 0 bridgehead atoms. The van der Waals surface area contributed by atoms with Gasteiger partial charge in [0.05, 0.1) is 5.69 Å². The van der Waals surface area contributed by atoms with Crippen LogP contribution in [0.1, 0.15) is 41.6 Å². The predicted octanol–water partition coefficient (Wildman–Crippen LogP) is 2.33. The Hall–Kier alpha value is -0.680. The summed E-state index contributed by atoms with van der Waals surface area (Å²) in [7, 11) is 0. The first kappa shape index (κ1) is 12.8. The molecule has 1 aromatic rings. The van der Waals surface area contributed by atoms with Gasteiger partial charge in [0.1, 0.15) is 4.88 Å². The van der Waals surface area contributed by atoms with Crippen molar-refractivity contribution in [3.63, 3.8) is 0 Å². The molecule has 17 heavy (non-hydrogen) atoms. The average Bonchev–Trinajstić information content (AvgIpc) is 2.78. The van der Waals surface area contributed by atoms with Crippen LogP contribution in [0.15, 0.2) is 0 Å². The molecule has 1 saturated heterocycles. The largest absolute Gasteiger partial charge is 0.338 e. The van der Waals surface area contributed by atoms with Crippen LogP contribution in [0.5, 0.6) is 0 Å². The van der Waals surface area contributed by atoms with E-state index in [1.807, 2.05) is 4.90 Å². The second-order valence-electron chi connectivity index (χ2n) is 4.27. The number of hydrogen-bond donors (Lipinski definition) is 0. The highest BCUT2D eigenvalue weighted by Gasteiger charge is 2.25. The molecule has 94 valence electrons. The van der Waals surface area contributed by atoms with Crippen molar-refractivity contribution < 1.29 is 4.79 Å². The maximum absolute atomic E-state index is 12.3. The van der Waals surface area contributed by atoms with E-state index in [0.29, 0.717) is 4.88 Å². The van der Waals surface area contributed by atoms with E-state index in [9.17, 15) is 4.79 Å². The second-order valence-corrected chi connectivity index (χ2v) is 5.64. The first-order valence-electron chi connectivity index (χ1n) is 5.97. The van der Waals surface area contributed by atoms with E-state index in [2.05, 4.69) is 16.5 Å². The number of amides is 1. The van der Waals surface area contributed by atoms with Crippen LogP contribution in [0.3, 0.4) is 0 Å². The predicted molar refractivity (Wildman–Crippen MR) is 68.7 cm³/mol. The summed E-state index contributed by atoms with van der Waals surface area (Å²) < 4.78 is 3.89. The fraction of sp³-hybridized carbons (Fsp3) is 0.727. The zero-order valence-electron chi connectivity index (χ0n) is 9.86. The summed E-state index contributed by atoms with van der Waals surface area (Å²) in [5.74, 6) is 0.0759. The van der Waals surface area contributed by atoms with Gasteiger partial charge in [-0.2, -0.15) is 0 Å². The number of piperidine rings is 1. The second kappa shape index (κ2) is 5.78. The Balaban J connectivity index is 2.06. The number of halogens is 1. The highest BCUT2D eigenvalue weighted by Crippen LogP contribution is 2.20. The molecular formula is C11H16ClN3OS. The molecule has 1 aliphatic heterocycles. The summed E-state index contributed by atoms with van der Waals surface area (Å²) in [6.45, 7) is 3.57. The Labute approximate surface area is 110 Å². The Morgan fingerprint density at radius 3 is 2.88 bits per heavy atom. The lowest BCUT2D eigenvalue weighted by atomic mass is 10.1. The van der Waals surface area contributed by atoms with E-state index in [1.165, 1.54) is 11.5 Å². The highest BCUT2D eigenvalue weighted by atomic mass is 35.5. The van der Waals surface area contributed by atoms with Gasteiger partial charge in [-0.25, -0.2) is 0 Å². The average molecular weight is 274 g/mol. The molecule has 0 radical (unpaired) electrons. The normalized spacial score (nSPS) is 17.4. The molecule has 0 aromatic carbocycles. The van der Waals surface area contributed by atoms with Crippen molar-refractivity contribution in [2.24, 2.45) is 0 Å².